The lowest BCUT2D eigenvalue weighted by molar-refractivity contribution is -0.148. The second-order valence-corrected chi connectivity index (χ2v) is 4.51. The first-order valence-corrected chi connectivity index (χ1v) is 5.48. The van der Waals surface area contributed by atoms with Gasteiger partial charge in [-0.2, -0.15) is 0 Å². The zero-order valence-electron chi connectivity index (χ0n) is 8.34. The number of hydrogen-bond donors (Lipinski definition) is 0. The average molecular weight is 182 g/mol. The van der Waals surface area contributed by atoms with Crippen LogP contribution >= 0.6 is 0 Å². The van der Waals surface area contributed by atoms with E-state index in [0.29, 0.717) is 0 Å². The largest absolute Gasteiger partial charge is 0.462 e. The van der Waals surface area contributed by atoms with E-state index in [0.717, 1.165) is 25.7 Å². The molecule has 0 aromatic carbocycles. The molecule has 2 rings (SSSR count). The molecule has 13 heavy (non-hydrogen) atoms. The van der Waals surface area contributed by atoms with Gasteiger partial charge in [0, 0.05) is 6.42 Å². The number of ether oxygens (including phenoxy) is 1. The fraction of sp³-hybridized carbons (Fsp3) is 0.909. The van der Waals surface area contributed by atoms with E-state index < -0.39 is 0 Å². The molecule has 0 spiro atoms. The maximum Gasteiger partial charge on any atom is 0.312 e. The van der Waals surface area contributed by atoms with Crippen LogP contribution in [-0.4, -0.2) is 12.1 Å². The molecule has 1 aliphatic carbocycles. The molecule has 2 unspecified atom stereocenters. The highest BCUT2D eigenvalue weighted by molar-refractivity contribution is 5.79. The van der Waals surface area contributed by atoms with Crippen LogP contribution in [0.4, 0.5) is 0 Å². The van der Waals surface area contributed by atoms with Gasteiger partial charge in [0.25, 0.3) is 0 Å². The summed E-state index contributed by atoms with van der Waals surface area (Å²) in [6.07, 6.45) is 8.02. The number of rotatable bonds is 3. The molecule has 2 heteroatoms. The summed E-state index contributed by atoms with van der Waals surface area (Å²) in [6.45, 7) is 2.18. The summed E-state index contributed by atoms with van der Waals surface area (Å²) in [4.78, 5) is 11.7. The van der Waals surface area contributed by atoms with Crippen LogP contribution in [0, 0.1) is 5.41 Å². The zero-order valence-corrected chi connectivity index (χ0v) is 8.34. The quantitative estimate of drug-likeness (QED) is 0.627. The normalized spacial score (nSPS) is 37.6. The number of fused-ring (bicyclic) bond motifs is 2. The lowest BCUT2D eigenvalue weighted by Crippen LogP contribution is -2.28. The monoisotopic (exact) mass is 182 g/mol. The molecular weight excluding hydrogens is 164 g/mol. The first kappa shape index (κ1) is 9.04. The molecule has 1 saturated heterocycles. The predicted molar refractivity (Wildman–Crippen MR) is 50.3 cm³/mol. The first-order valence-electron chi connectivity index (χ1n) is 5.48. The molecule has 2 fully saturated rings. The third-order valence-corrected chi connectivity index (χ3v) is 3.52. The van der Waals surface area contributed by atoms with Crippen LogP contribution in [0.15, 0.2) is 0 Å². The van der Waals surface area contributed by atoms with Crippen molar-refractivity contribution in [1.82, 2.24) is 0 Å². The van der Waals surface area contributed by atoms with Gasteiger partial charge < -0.3 is 4.74 Å². The highest BCUT2D eigenvalue weighted by Crippen LogP contribution is 2.47. The fourth-order valence-electron chi connectivity index (χ4n) is 2.71. The molecule has 0 aromatic heterocycles. The Balaban J connectivity index is 2.06. The van der Waals surface area contributed by atoms with E-state index in [1.165, 1.54) is 19.3 Å². The lowest BCUT2D eigenvalue weighted by atomic mass is 9.72. The van der Waals surface area contributed by atoms with Gasteiger partial charge in [-0.1, -0.05) is 19.8 Å². The highest BCUT2D eigenvalue weighted by atomic mass is 16.6. The van der Waals surface area contributed by atoms with Crippen molar-refractivity contribution in [3.8, 4) is 0 Å². The van der Waals surface area contributed by atoms with Crippen molar-refractivity contribution in [2.24, 2.45) is 5.41 Å². The molecule has 0 amide bonds. The summed E-state index contributed by atoms with van der Waals surface area (Å²) >= 11 is 0. The smallest absolute Gasteiger partial charge is 0.312 e. The molecule has 2 bridgehead atoms. The van der Waals surface area contributed by atoms with Crippen molar-refractivity contribution in [3.05, 3.63) is 0 Å². The molecule has 0 N–H and O–H groups in total. The molecule has 74 valence electrons. The number of unbranched alkanes of at least 4 members (excludes halogenated alkanes) is 1. The lowest BCUT2D eigenvalue weighted by Gasteiger charge is -2.27. The van der Waals surface area contributed by atoms with Crippen molar-refractivity contribution in [2.75, 3.05) is 0 Å². The van der Waals surface area contributed by atoms with Gasteiger partial charge in [0.05, 0.1) is 5.41 Å². The molecule has 1 saturated carbocycles. The second-order valence-electron chi connectivity index (χ2n) is 4.51. The van der Waals surface area contributed by atoms with E-state index in [1.54, 1.807) is 0 Å². The van der Waals surface area contributed by atoms with Crippen molar-refractivity contribution in [2.45, 2.75) is 58.0 Å². The summed E-state index contributed by atoms with van der Waals surface area (Å²) in [7, 11) is 0. The van der Waals surface area contributed by atoms with Crippen molar-refractivity contribution in [1.29, 1.82) is 0 Å². The van der Waals surface area contributed by atoms with E-state index in [4.69, 9.17) is 4.74 Å². The number of carbonyl (C=O) groups excluding carboxylic acids is 1. The zero-order chi connectivity index (χ0) is 9.31. The van der Waals surface area contributed by atoms with E-state index in [9.17, 15) is 4.79 Å². The summed E-state index contributed by atoms with van der Waals surface area (Å²) in [6, 6.07) is 0. The Morgan fingerprint density at radius 3 is 3.23 bits per heavy atom. The molecule has 1 aliphatic heterocycles. The molecule has 2 aliphatic rings. The SMILES string of the molecule is CCCCC12CCCC(C1)OC2=O. The third kappa shape index (κ3) is 1.47. The van der Waals surface area contributed by atoms with Gasteiger partial charge in [-0.15, -0.1) is 0 Å². The van der Waals surface area contributed by atoms with Gasteiger partial charge in [0.2, 0.25) is 0 Å². The predicted octanol–water partition coefficient (Wildman–Crippen LogP) is 2.66. The Bertz CT molecular complexity index is 212. The number of hydrogen-bond acceptors (Lipinski definition) is 2. The number of esters is 1. The minimum Gasteiger partial charge on any atom is -0.462 e. The Hall–Kier alpha value is -0.530. The Labute approximate surface area is 79.7 Å². The van der Waals surface area contributed by atoms with Crippen LogP contribution in [0.1, 0.15) is 51.9 Å². The molecule has 0 aromatic rings. The Morgan fingerprint density at radius 2 is 2.46 bits per heavy atom. The minimum absolute atomic E-state index is 0.0566. The van der Waals surface area contributed by atoms with Gasteiger partial charge in [-0.3, -0.25) is 4.79 Å². The van der Waals surface area contributed by atoms with Crippen molar-refractivity contribution >= 4 is 5.97 Å². The van der Waals surface area contributed by atoms with E-state index in [-0.39, 0.29) is 17.5 Å². The van der Waals surface area contributed by atoms with Crippen molar-refractivity contribution in [3.63, 3.8) is 0 Å². The van der Waals surface area contributed by atoms with Crippen LogP contribution in [0.25, 0.3) is 0 Å². The maximum absolute atomic E-state index is 11.7. The average Bonchev–Trinajstić information content (AvgIpc) is 2.35. The van der Waals surface area contributed by atoms with E-state index in [1.807, 2.05) is 0 Å². The molecular formula is C11H18O2. The van der Waals surface area contributed by atoms with Gasteiger partial charge in [-0.05, 0) is 25.7 Å². The summed E-state index contributed by atoms with van der Waals surface area (Å²) in [5, 5.41) is 0. The van der Waals surface area contributed by atoms with Crippen LogP contribution in [-0.2, 0) is 9.53 Å². The molecule has 1 heterocycles. The van der Waals surface area contributed by atoms with Crippen LogP contribution in [0.5, 0.6) is 0 Å². The van der Waals surface area contributed by atoms with Gasteiger partial charge in [0.1, 0.15) is 6.10 Å². The minimum atomic E-state index is -0.0566. The summed E-state index contributed by atoms with van der Waals surface area (Å²) < 4.78 is 5.35. The number of carbonyl (C=O) groups is 1. The molecule has 2 atom stereocenters. The van der Waals surface area contributed by atoms with E-state index >= 15 is 0 Å². The second kappa shape index (κ2) is 3.32. The first-order chi connectivity index (χ1) is 6.27. The standard InChI is InChI=1S/C11H18O2/c1-2-3-6-11-7-4-5-9(8-11)13-10(11)12/h9H,2-8H2,1H3. The highest BCUT2D eigenvalue weighted by Gasteiger charge is 2.50. The van der Waals surface area contributed by atoms with Gasteiger partial charge in [0.15, 0.2) is 0 Å². The molecule has 0 radical (unpaired) electrons. The third-order valence-electron chi connectivity index (χ3n) is 3.52. The van der Waals surface area contributed by atoms with Crippen LogP contribution in [0.3, 0.4) is 0 Å². The summed E-state index contributed by atoms with van der Waals surface area (Å²) in [5.41, 5.74) is -0.0566. The maximum atomic E-state index is 11.7. The topological polar surface area (TPSA) is 26.3 Å². The van der Waals surface area contributed by atoms with Crippen LogP contribution < -0.4 is 0 Å². The van der Waals surface area contributed by atoms with Crippen molar-refractivity contribution < 1.29 is 9.53 Å². The van der Waals surface area contributed by atoms with Gasteiger partial charge >= 0.3 is 5.97 Å². The van der Waals surface area contributed by atoms with Crippen LogP contribution in [0.2, 0.25) is 0 Å². The molecule has 2 nitrogen and oxygen atoms in total. The Morgan fingerprint density at radius 1 is 1.62 bits per heavy atom. The summed E-state index contributed by atoms with van der Waals surface area (Å²) in [5.74, 6) is 0.100. The fourth-order valence-corrected chi connectivity index (χ4v) is 2.71. The Kier molecular flexibility index (Phi) is 2.31. The van der Waals surface area contributed by atoms with Gasteiger partial charge in [-0.25, -0.2) is 0 Å². The van der Waals surface area contributed by atoms with E-state index in [2.05, 4.69) is 6.92 Å².